The van der Waals surface area contributed by atoms with Gasteiger partial charge in [0.15, 0.2) is 0 Å². The molecule has 0 aromatic heterocycles. The SMILES string of the molecule is CN(C)C(=O)[C@@H]1C[C@@H](C(=O)NCc2ccc(C(=N)N)cc2)N(C(=O)[C@H](N)CCc2ccccc2)C1. The summed E-state index contributed by atoms with van der Waals surface area (Å²) in [5, 5.41) is 10.4. The van der Waals surface area contributed by atoms with E-state index < -0.39 is 18.0 Å². The summed E-state index contributed by atoms with van der Waals surface area (Å²) in [5.74, 6) is -1.24. The van der Waals surface area contributed by atoms with Gasteiger partial charge in [-0.3, -0.25) is 19.8 Å². The van der Waals surface area contributed by atoms with Gasteiger partial charge in [0.2, 0.25) is 17.7 Å². The molecule has 35 heavy (non-hydrogen) atoms. The van der Waals surface area contributed by atoms with E-state index >= 15 is 0 Å². The Bertz CT molecular complexity index is 1050. The van der Waals surface area contributed by atoms with E-state index in [4.69, 9.17) is 16.9 Å². The van der Waals surface area contributed by atoms with Gasteiger partial charge in [0.05, 0.1) is 12.0 Å². The molecule has 0 bridgehead atoms. The number of nitrogen functional groups attached to an aromatic ring is 1. The van der Waals surface area contributed by atoms with Crippen molar-refractivity contribution in [1.82, 2.24) is 15.1 Å². The number of amidine groups is 1. The number of nitrogens with zero attached hydrogens (tertiary/aromatic N) is 2. The lowest BCUT2D eigenvalue weighted by atomic mass is 10.0. The van der Waals surface area contributed by atoms with Crippen molar-refractivity contribution in [3.63, 3.8) is 0 Å². The summed E-state index contributed by atoms with van der Waals surface area (Å²) < 4.78 is 0. The molecular weight excluding hydrogens is 444 g/mol. The van der Waals surface area contributed by atoms with Crippen LogP contribution < -0.4 is 16.8 Å². The van der Waals surface area contributed by atoms with Crippen LogP contribution in [0, 0.1) is 11.3 Å². The highest BCUT2D eigenvalue weighted by Crippen LogP contribution is 2.26. The van der Waals surface area contributed by atoms with Gasteiger partial charge < -0.3 is 26.6 Å². The molecule has 6 N–H and O–H groups in total. The average molecular weight is 479 g/mol. The molecule has 2 aromatic carbocycles. The molecule has 186 valence electrons. The summed E-state index contributed by atoms with van der Waals surface area (Å²) in [6, 6.07) is 15.2. The summed E-state index contributed by atoms with van der Waals surface area (Å²) in [6.07, 6.45) is 1.35. The van der Waals surface area contributed by atoms with Gasteiger partial charge in [-0.05, 0) is 30.4 Å². The Balaban J connectivity index is 1.67. The predicted octanol–water partition coefficient (Wildman–Crippen LogP) is 0.852. The molecule has 0 aliphatic carbocycles. The maximum Gasteiger partial charge on any atom is 0.243 e. The zero-order valence-corrected chi connectivity index (χ0v) is 20.2. The highest BCUT2D eigenvalue weighted by molar-refractivity contribution is 5.95. The fourth-order valence-corrected chi connectivity index (χ4v) is 4.28. The summed E-state index contributed by atoms with van der Waals surface area (Å²) >= 11 is 0. The first kappa shape index (κ1) is 25.9. The second-order valence-corrected chi connectivity index (χ2v) is 9.13. The van der Waals surface area contributed by atoms with Crippen molar-refractivity contribution in [2.45, 2.75) is 37.9 Å². The fourth-order valence-electron chi connectivity index (χ4n) is 4.28. The van der Waals surface area contributed by atoms with Gasteiger partial charge in [0, 0.05) is 32.7 Å². The van der Waals surface area contributed by atoms with Gasteiger partial charge in [-0.2, -0.15) is 0 Å². The Kier molecular flexibility index (Phi) is 8.59. The molecule has 3 rings (SSSR count). The Morgan fingerprint density at radius 2 is 1.74 bits per heavy atom. The van der Waals surface area contributed by atoms with Crippen LogP contribution in [0.4, 0.5) is 0 Å². The highest BCUT2D eigenvalue weighted by atomic mass is 16.2. The van der Waals surface area contributed by atoms with Gasteiger partial charge in [0.1, 0.15) is 11.9 Å². The van der Waals surface area contributed by atoms with Crippen molar-refractivity contribution in [3.05, 3.63) is 71.3 Å². The minimum absolute atomic E-state index is 0.0269. The third-order valence-electron chi connectivity index (χ3n) is 6.31. The Labute approximate surface area is 206 Å². The number of amides is 3. The number of hydrogen-bond donors (Lipinski definition) is 4. The van der Waals surface area contributed by atoms with Gasteiger partial charge >= 0.3 is 0 Å². The van der Waals surface area contributed by atoms with Crippen molar-refractivity contribution in [1.29, 1.82) is 5.41 Å². The number of carbonyl (C=O) groups excluding carboxylic acids is 3. The minimum atomic E-state index is -0.768. The van der Waals surface area contributed by atoms with Crippen LogP contribution >= 0.6 is 0 Å². The molecule has 1 heterocycles. The lowest BCUT2D eigenvalue weighted by Gasteiger charge is -2.27. The lowest BCUT2D eigenvalue weighted by molar-refractivity contribution is -0.139. The van der Waals surface area contributed by atoms with Gasteiger partial charge in [0.25, 0.3) is 0 Å². The van der Waals surface area contributed by atoms with E-state index in [1.54, 1.807) is 38.4 Å². The zero-order valence-electron chi connectivity index (χ0n) is 20.2. The van der Waals surface area contributed by atoms with E-state index in [-0.39, 0.29) is 43.1 Å². The molecule has 0 unspecified atom stereocenters. The maximum absolute atomic E-state index is 13.3. The molecule has 1 aliphatic rings. The lowest BCUT2D eigenvalue weighted by Crippen LogP contribution is -2.51. The molecule has 0 spiro atoms. The molecule has 3 atom stereocenters. The summed E-state index contributed by atoms with van der Waals surface area (Å²) in [6.45, 7) is 0.419. The number of hydrogen-bond acceptors (Lipinski definition) is 5. The quantitative estimate of drug-likeness (QED) is 0.312. The predicted molar refractivity (Wildman–Crippen MR) is 134 cm³/mol. The normalized spacial score (nSPS) is 18.1. The molecule has 9 nitrogen and oxygen atoms in total. The molecule has 1 aliphatic heterocycles. The summed E-state index contributed by atoms with van der Waals surface area (Å²) in [5.41, 5.74) is 14.2. The largest absolute Gasteiger partial charge is 0.384 e. The third-order valence-corrected chi connectivity index (χ3v) is 6.31. The van der Waals surface area contributed by atoms with E-state index in [1.165, 1.54) is 9.80 Å². The van der Waals surface area contributed by atoms with Crippen LogP contribution in [0.5, 0.6) is 0 Å². The average Bonchev–Trinajstić information content (AvgIpc) is 3.31. The van der Waals surface area contributed by atoms with E-state index in [9.17, 15) is 14.4 Å². The molecule has 9 heteroatoms. The second kappa shape index (κ2) is 11.6. The zero-order chi connectivity index (χ0) is 25.5. The van der Waals surface area contributed by atoms with Crippen molar-refractivity contribution < 1.29 is 14.4 Å². The van der Waals surface area contributed by atoms with Crippen molar-refractivity contribution in [2.75, 3.05) is 20.6 Å². The number of benzene rings is 2. The van der Waals surface area contributed by atoms with E-state index in [1.807, 2.05) is 30.3 Å². The number of aryl methyl sites for hydroxylation is 1. The Hall–Kier alpha value is -3.72. The van der Waals surface area contributed by atoms with Crippen LogP contribution in [0.3, 0.4) is 0 Å². The Morgan fingerprint density at radius 1 is 1.09 bits per heavy atom. The van der Waals surface area contributed by atoms with E-state index in [0.717, 1.165) is 11.1 Å². The topological polar surface area (TPSA) is 146 Å². The number of likely N-dealkylation sites (tertiary alicyclic amines) is 1. The van der Waals surface area contributed by atoms with E-state index in [2.05, 4.69) is 5.32 Å². The summed E-state index contributed by atoms with van der Waals surface area (Å²) in [4.78, 5) is 42.0. The number of rotatable bonds is 9. The molecule has 2 aromatic rings. The first-order valence-electron chi connectivity index (χ1n) is 11.7. The van der Waals surface area contributed by atoms with Crippen LogP contribution in [-0.2, 0) is 27.3 Å². The van der Waals surface area contributed by atoms with Gasteiger partial charge in [-0.25, -0.2) is 0 Å². The van der Waals surface area contributed by atoms with Crippen LogP contribution in [0.25, 0.3) is 0 Å². The fraction of sp³-hybridized carbons (Fsp3) is 0.385. The van der Waals surface area contributed by atoms with Crippen molar-refractivity contribution >= 4 is 23.6 Å². The van der Waals surface area contributed by atoms with Crippen LogP contribution in [0.1, 0.15) is 29.5 Å². The molecule has 0 radical (unpaired) electrons. The standard InChI is InChI=1S/C26H34N6O3/c1-31(2)25(34)20-14-22(24(33)30-15-18-8-11-19(12-9-18)23(28)29)32(16-20)26(35)21(27)13-10-17-6-4-3-5-7-17/h3-9,11-12,20-22H,10,13-16,27H2,1-2H3,(H3,28,29)(H,30,33)/t20-,21-,22+/m1/s1. The maximum atomic E-state index is 13.3. The van der Waals surface area contributed by atoms with Crippen molar-refractivity contribution in [2.24, 2.45) is 17.4 Å². The van der Waals surface area contributed by atoms with E-state index in [0.29, 0.717) is 18.4 Å². The van der Waals surface area contributed by atoms with Crippen LogP contribution in [0.15, 0.2) is 54.6 Å². The van der Waals surface area contributed by atoms with Crippen LogP contribution in [0.2, 0.25) is 0 Å². The number of nitrogens with one attached hydrogen (secondary N) is 2. The van der Waals surface area contributed by atoms with Gasteiger partial charge in [-0.1, -0.05) is 54.6 Å². The second-order valence-electron chi connectivity index (χ2n) is 9.13. The summed E-state index contributed by atoms with van der Waals surface area (Å²) in [7, 11) is 3.33. The first-order chi connectivity index (χ1) is 16.7. The molecule has 0 saturated carbocycles. The molecule has 1 fully saturated rings. The molecular formula is C26H34N6O3. The number of nitrogens with two attached hydrogens (primary N) is 2. The first-order valence-corrected chi connectivity index (χ1v) is 11.7. The monoisotopic (exact) mass is 478 g/mol. The Morgan fingerprint density at radius 3 is 2.34 bits per heavy atom. The van der Waals surface area contributed by atoms with Crippen LogP contribution in [-0.4, -0.2) is 66.1 Å². The third kappa shape index (κ3) is 6.66. The minimum Gasteiger partial charge on any atom is -0.384 e. The molecule has 1 saturated heterocycles. The van der Waals surface area contributed by atoms with Gasteiger partial charge in [-0.15, -0.1) is 0 Å². The number of carbonyl (C=O) groups is 3. The highest BCUT2D eigenvalue weighted by Gasteiger charge is 2.43. The molecule has 3 amide bonds. The smallest absolute Gasteiger partial charge is 0.243 e. The van der Waals surface area contributed by atoms with Crippen molar-refractivity contribution in [3.8, 4) is 0 Å².